The van der Waals surface area contributed by atoms with Gasteiger partial charge in [-0.05, 0) is 25.7 Å². The summed E-state index contributed by atoms with van der Waals surface area (Å²) in [6, 6.07) is 0.338. The number of ether oxygens (including phenoxy) is 2. The fourth-order valence-corrected chi connectivity index (χ4v) is 2.35. The normalized spacial score (nSPS) is 30.4. The lowest BCUT2D eigenvalue weighted by Crippen LogP contribution is -2.46. The van der Waals surface area contributed by atoms with E-state index in [4.69, 9.17) is 15.3 Å². The molecule has 1 aliphatic heterocycles. The molecule has 0 saturated carbocycles. The van der Waals surface area contributed by atoms with Gasteiger partial charge >= 0.3 is 0 Å². The number of rotatable bonds is 6. The molecule has 15 heavy (non-hydrogen) atoms. The first-order valence-corrected chi connectivity index (χ1v) is 5.75. The number of hydrogen-bond donors (Lipinski definition) is 2. The van der Waals surface area contributed by atoms with Crippen molar-refractivity contribution in [3.63, 3.8) is 0 Å². The Balaban J connectivity index is 2.40. The Morgan fingerprint density at radius 3 is 2.80 bits per heavy atom. The Hall–Kier alpha value is -0.160. The standard InChI is InChI=1S/C11H24N2O2/c1-8(4-5-14-3)11(13-12)10-6-9(2)15-7-10/h8-11,13H,4-7,12H2,1-3H3. The first-order chi connectivity index (χ1) is 7.19. The van der Waals surface area contributed by atoms with Crippen LogP contribution in [0.15, 0.2) is 0 Å². The Labute approximate surface area is 92.5 Å². The van der Waals surface area contributed by atoms with Crippen molar-refractivity contribution in [3.05, 3.63) is 0 Å². The molecule has 0 aromatic heterocycles. The van der Waals surface area contributed by atoms with E-state index in [0.717, 1.165) is 26.1 Å². The quantitative estimate of drug-likeness (QED) is 0.512. The third-order valence-electron chi connectivity index (χ3n) is 3.32. The SMILES string of the molecule is COCCC(C)C(NN)C1COC(C)C1. The number of nitrogens with one attached hydrogen (secondary N) is 1. The number of nitrogens with two attached hydrogens (primary N) is 1. The van der Waals surface area contributed by atoms with Gasteiger partial charge in [0.2, 0.25) is 0 Å². The molecule has 3 N–H and O–H groups in total. The fourth-order valence-electron chi connectivity index (χ4n) is 2.35. The zero-order valence-electron chi connectivity index (χ0n) is 10.0. The maximum absolute atomic E-state index is 5.62. The van der Waals surface area contributed by atoms with Crippen molar-refractivity contribution in [1.29, 1.82) is 0 Å². The van der Waals surface area contributed by atoms with E-state index in [1.807, 2.05) is 0 Å². The molecule has 1 rings (SSSR count). The summed E-state index contributed by atoms with van der Waals surface area (Å²) in [7, 11) is 1.73. The molecule has 0 aromatic rings. The van der Waals surface area contributed by atoms with E-state index in [9.17, 15) is 0 Å². The highest BCUT2D eigenvalue weighted by atomic mass is 16.5. The van der Waals surface area contributed by atoms with Crippen molar-refractivity contribution in [3.8, 4) is 0 Å². The second kappa shape index (κ2) is 6.43. The highest BCUT2D eigenvalue weighted by Gasteiger charge is 2.31. The van der Waals surface area contributed by atoms with E-state index in [1.54, 1.807) is 7.11 Å². The topological polar surface area (TPSA) is 56.5 Å². The van der Waals surface area contributed by atoms with Gasteiger partial charge in [-0.1, -0.05) is 6.92 Å². The van der Waals surface area contributed by atoms with Crippen LogP contribution >= 0.6 is 0 Å². The van der Waals surface area contributed by atoms with Crippen LogP contribution in [0.4, 0.5) is 0 Å². The van der Waals surface area contributed by atoms with E-state index in [0.29, 0.717) is 24.0 Å². The number of methoxy groups -OCH3 is 1. The van der Waals surface area contributed by atoms with Crippen LogP contribution in [-0.2, 0) is 9.47 Å². The number of hydrogen-bond acceptors (Lipinski definition) is 4. The molecule has 1 aliphatic rings. The van der Waals surface area contributed by atoms with Crippen LogP contribution in [0.2, 0.25) is 0 Å². The number of hydrazine groups is 1. The fraction of sp³-hybridized carbons (Fsp3) is 1.00. The monoisotopic (exact) mass is 216 g/mol. The zero-order chi connectivity index (χ0) is 11.3. The van der Waals surface area contributed by atoms with Crippen LogP contribution < -0.4 is 11.3 Å². The first-order valence-electron chi connectivity index (χ1n) is 5.75. The molecule has 0 spiro atoms. The molecule has 0 aromatic carbocycles. The lowest BCUT2D eigenvalue weighted by molar-refractivity contribution is 0.110. The molecule has 0 aliphatic carbocycles. The van der Waals surface area contributed by atoms with Gasteiger partial charge < -0.3 is 9.47 Å². The van der Waals surface area contributed by atoms with Crippen LogP contribution in [0.1, 0.15) is 26.7 Å². The van der Waals surface area contributed by atoms with Gasteiger partial charge in [0.25, 0.3) is 0 Å². The minimum Gasteiger partial charge on any atom is -0.385 e. The van der Waals surface area contributed by atoms with E-state index in [2.05, 4.69) is 19.3 Å². The Morgan fingerprint density at radius 1 is 1.60 bits per heavy atom. The van der Waals surface area contributed by atoms with Gasteiger partial charge in [0.05, 0.1) is 12.7 Å². The van der Waals surface area contributed by atoms with Crippen molar-refractivity contribution >= 4 is 0 Å². The molecule has 90 valence electrons. The van der Waals surface area contributed by atoms with Gasteiger partial charge in [0.1, 0.15) is 0 Å². The summed E-state index contributed by atoms with van der Waals surface area (Å²) in [4.78, 5) is 0. The summed E-state index contributed by atoms with van der Waals surface area (Å²) < 4.78 is 10.7. The van der Waals surface area contributed by atoms with Gasteiger partial charge in [-0.3, -0.25) is 11.3 Å². The second-order valence-corrected chi connectivity index (χ2v) is 4.59. The van der Waals surface area contributed by atoms with Crippen LogP contribution in [0.25, 0.3) is 0 Å². The van der Waals surface area contributed by atoms with Crippen molar-refractivity contribution in [2.24, 2.45) is 17.7 Å². The molecule has 4 atom stereocenters. The van der Waals surface area contributed by atoms with Crippen LogP contribution in [0, 0.1) is 11.8 Å². The van der Waals surface area contributed by atoms with Crippen molar-refractivity contribution < 1.29 is 9.47 Å². The lowest BCUT2D eigenvalue weighted by atomic mass is 9.86. The lowest BCUT2D eigenvalue weighted by Gasteiger charge is -2.27. The van der Waals surface area contributed by atoms with Gasteiger partial charge in [-0.15, -0.1) is 0 Å². The van der Waals surface area contributed by atoms with Crippen molar-refractivity contribution in [2.45, 2.75) is 38.8 Å². The van der Waals surface area contributed by atoms with E-state index < -0.39 is 0 Å². The molecule has 1 fully saturated rings. The third kappa shape index (κ3) is 3.72. The van der Waals surface area contributed by atoms with Crippen LogP contribution in [0.5, 0.6) is 0 Å². The molecule has 0 bridgehead atoms. The maximum Gasteiger partial charge on any atom is 0.0551 e. The molecular formula is C11H24N2O2. The summed E-state index contributed by atoms with van der Waals surface area (Å²) in [5, 5.41) is 0. The van der Waals surface area contributed by atoms with Crippen molar-refractivity contribution in [2.75, 3.05) is 20.3 Å². The Bertz CT molecular complexity index is 178. The van der Waals surface area contributed by atoms with Gasteiger partial charge in [0.15, 0.2) is 0 Å². The van der Waals surface area contributed by atoms with Gasteiger partial charge in [-0.25, -0.2) is 0 Å². The van der Waals surface area contributed by atoms with Gasteiger partial charge in [-0.2, -0.15) is 0 Å². The average molecular weight is 216 g/mol. The smallest absolute Gasteiger partial charge is 0.0551 e. The summed E-state index contributed by atoms with van der Waals surface area (Å²) in [5.41, 5.74) is 2.94. The molecule has 1 heterocycles. The first kappa shape index (κ1) is 12.9. The van der Waals surface area contributed by atoms with Crippen molar-refractivity contribution in [1.82, 2.24) is 5.43 Å². The summed E-state index contributed by atoms with van der Waals surface area (Å²) in [6.45, 7) is 5.95. The van der Waals surface area contributed by atoms with E-state index in [-0.39, 0.29) is 0 Å². The third-order valence-corrected chi connectivity index (χ3v) is 3.32. The molecule has 4 nitrogen and oxygen atoms in total. The summed E-state index contributed by atoms with van der Waals surface area (Å²) in [5.74, 6) is 6.69. The minimum absolute atomic E-state index is 0.338. The van der Waals surface area contributed by atoms with Crippen LogP contribution in [0.3, 0.4) is 0 Å². The Kier molecular flexibility index (Phi) is 5.53. The molecular weight excluding hydrogens is 192 g/mol. The largest absolute Gasteiger partial charge is 0.385 e. The summed E-state index contributed by atoms with van der Waals surface area (Å²) in [6.07, 6.45) is 2.52. The predicted molar refractivity (Wildman–Crippen MR) is 60.3 cm³/mol. The molecule has 0 amide bonds. The second-order valence-electron chi connectivity index (χ2n) is 4.59. The molecule has 4 unspecified atom stereocenters. The maximum atomic E-state index is 5.62. The summed E-state index contributed by atoms with van der Waals surface area (Å²) >= 11 is 0. The van der Waals surface area contributed by atoms with Gasteiger partial charge in [0, 0.05) is 25.7 Å². The highest BCUT2D eigenvalue weighted by Crippen LogP contribution is 2.26. The Morgan fingerprint density at radius 2 is 2.33 bits per heavy atom. The predicted octanol–water partition coefficient (Wildman–Crippen LogP) is 0.916. The minimum atomic E-state index is 0.338. The highest BCUT2D eigenvalue weighted by molar-refractivity contribution is 4.84. The van der Waals surface area contributed by atoms with E-state index >= 15 is 0 Å². The van der Waals surface area contributed by atoms with E-state index in [1.165, 1.54) is 0 Å². The molecule has 1 saturated heterocycles. The molecule has 0 radical (unpaired) electrons. The average Bonchev–Trinajstić information content (AvgIpc) is 2.63. The molecule has 4 heteroatoms. The van der Waals surface area contributed by atoms with Crippen LogP contribution in [-0.4, -0.2) is 32.5 Å². The zero-order valence-corrected chi connectivity index (χ0v) is 10.0.